The number of amides is 2. The Balaban J connectivity index is 1.84. The Bertz CT molecular complexity index is 1010. The number of likely N-dealkylation sites (N-methyl/N-ethyl adjacent to an activating group) is 1. The minimum absolute atomic E-state index is 0.302. The maximum atomic E-state index is 12.7. The summed E-state index contributed by atoms with van der Waals surface area (Å²) in [6, 6.07) is 4.18. The topological polar surface area (TPSA) is 114 Å². The molecule has 2 aromatic heterocycles. The van der Waals surface area contributed by atoms with E-state index in [1.807, 2.05) is 6.92 Å². The van der Waals surface area contributed by atoms with Gasteiger partial charge in [-0.15, -0.1) is 11.3 Å². The van der Waals surface area contributed by atoms with Gasteiger partial charge in [-0.2, -0.15) is 0 Å². The molecular formula is C19H21N3O5S. The van der Waals surface area contributed by atoms with E-state index < -0.39 is 24.5 Å². The van der Waals surface area contributed by atoms with Gasteiger partial charge in [0, 0.05) is 18.6 Å². The number of thiazole rings is 1. The van der Waals surface area contributed by atoms with Crippen molar-refractivity contribution in [3.63, 3.8) is 0 Å². The van der Waals surface area contributed by atoms with E-state index in [1.54, 1.807) is 42.7 Å². The first kappa shape index (κ1) is 19.8. The number of nitrogens with one attached hydrogen (secondary N) is 2. The summed E-state index contributed by atoms with van der Waals surface area (Å²) in [7, 11) is 1.43. The number of rotatable bonds is 7. The fourth-order valence-corrected chi connectivity index (χ4v) is 3.50. The summed E-state index contributed by atoms with van der Waals surface area (Å²) < 4.78 is 11.5. The number of hydrogen-bond donors (Lipinski definition) is 3. The van der Waals surface area contributed by atoms with Gasteiger partial charge < -0.3 is 24.9 Å². The van der Waals surface area contributed by atoms with Crippen LogP contribution in [0, 0.1) is 13.8 Å². The molecule has 8 nitrogen and oxygen atoms in total. The van der Waals surface area contributed by atoms with Gasteiger partial charge in [0.05, 0.1) is 22.1 Å². The number of carbonyl (C=O) groups is 2. The number of aryl methyl sites for hydroxylation is 2. The van der Waals surface area contributed by atoms with E-state index in [4.69, 9.17) is 9.15 Å². The predicted octanol–water partition coefficient (Wildman–Crippen LogP) is 1.92. The molecule has 0 saturated carbocycles. The standard InChI is InChI=1S/C19H21N3O5S/c1-10-17(19(25)22-15(8-23)18(24)20-3)14-6-12(4-5-16(14)27-10)26-9-13-7-21-11(2)28-13/h4-7,15,23H,8-9H2,1-3H3,(H,20,24)(H,22,25). The summed E-state index contributed by atoms with van der Waals surface area (Å²) in [5, 5.41) is 15.8. The number of carbonyl (C=O) groups excluding carboxylic acids is 2. The highest BCUT2D eigenvalue weighted by Crippen LogP contribution is 2.29. The molecule has 0 spiro atoms. The van der Waals surface area contributed by atoms with Crippen molar-refractivity contribution in [2.24, 2.45) is 0 Å². The lowest BCUT2D eigenvalue weighted by Gasteiger charge is -2.14. The third kappa shape index (κ3) is 4.15. The van der Waals surface area contributed by atoms with E-state index in [9.17, 15) is 14.7 Å². The number of fused-ring (bicyclic) bond motifs is 1. The summed E-state index contributed by atoms with van der Waals surface area (Å²) in [4.78, 5) is 29.6. The zero-order valence-corrected chi connectivity index (χ0v) is 16.6. The van der Waals surface area contributed by atoms with E-state index in [2.05, 4.69) is 15.6 Å². The van der Waals surface area contributed by atoms with E-state index in [0.717, 1.165) is 9.88 Å². The lowest BCUT2D eigenvalue weighted by atomic mass is 10.1. The molecule has 0 bridgehead atoms. The van der Waals surface area contributed by atoms with Crippen molar-refractivity contribution in [2.75, 3.05) is 13.7 Å². The lowest BCUT2D eigenvalue weighted by Crippen LogP contribution is -2.48. The van der Waals surface area contributed by atoms with Crippen LogP contribution in [-0.2, 0) is 11.4 Å². The minimum atomic E-state index is -1.05. The Morgan fingerprint density at radius 3 is 2.79 bits per heavy atom. The van der Waals surface area contributed by atoms with Gasteiger partial charge in [-0.25, -0.2) is 4.98 Å². The maximum Gasteiger partial charge on any atom is 0.256 e. The van der Waals surface area contributed by atoms with Crippen LogP contribution in [0.2, 0.25) is 0 Å². The predicted molar refractivity (Wildman–Crippen MR) is 105 cm³/mol. The molecule has 0 saturated heterocycles. The second-order valence-corrected chi connectivity index (χ2v) is 7.47. The van der Waals surface area contributed by atoms with Crippen molar-refractivity contribution in [2.45, 2.75) is 26.5 Å². The number of benzene rings is 1. The highest BCUT2D eigenvalue weighted by molar-refractivity contribution is 7.11. The lowest BCUT2D eigenvalue weighted by molar-refractivity contribution is -0.123. The molecule has 9 heteroatoms. The first-order chi connectivity index (χ1) is 13.4. The van der Waals surface area contributed by atoms with Crippen molar-refractivity contribution in [1.82, 2.24) is 15.6 Å². The highest BCUT2D eigenvalue weighted by Gasteiger charge is 2.24. The molecule has 0 aliphatic rings. The fourth-order valence-electron chi connectivity index (χ4n) is 2.80. The molecule has 0 radical (unpaired) electrons. The number of nitrogens with zero attached hydrogens (tertiary/aromatic N) is 1. The molecule has 1 unspecified atom stereocenters. The molecule has 0 aliphatic carbocycles. The van der Waals surface area contributed by atoms with Crippen LogP contribution in [0.3, 0.4) is 0 Å². The van der Waals surface area contributed by atoms with Crippen LogP contribution in [0.1, 0.15) is 26.0 Å². The van der Waals surface area contributed by atoms with Gasteiger partial charge in [-0.1, -0.05) is 0 Å². The Hall–Kier alpha value is -2.91. The van der Waals surface area contributed by atoms with Crippen LogP contribution in [0.25, 0.3) is 11.0 Å². The summed E-state index contributed by atoms with van der Waals surface area (Å²) in [6.45, 7) is 3.46. The number of furan rings is 1. The highest BCUT2D eigenvalue weighted by atomic mass is 32.1. The van der Waals surface area contributed by atoms with Crippen LogP contribution in [-0.4, -0.2) is 41.6 Å². The third-order valence-corrected chi connectivity index (χ3v) is 5.05. The van der Waals surface area contributed by atoms with Gasteiger partial charge in [0.25, 0.3) is 5.91 Å². The Kier molecular flexibility index (Phi) is 5.96. The summed E-state index contributed by atoms with van der Waals surface area (Å²) in [5.41, 5.74) is 0.834. The largest absolute Gasteiger partial charge is 0.488 e. The number of aliphatic hydroxyl groups is 1. The van der Waals surface area contributed by atoms with Crippen molar-refractivity contribution < 1.29 is 23.8 Å². The van der Waals surface area contributed by atoms with E-state index in [0.29, 0.717) is 34.6 Å². The molecule has 3 aromatic rings. The second-order valence-electron chi connectivity index (χ2n) is 6.15. The molecule has 1 atom stereocenters. The molecule has 3 rings (SSSR count). The molecule has 0 fully saturated rings. The number of aromatic nitrogens is 1. The van der Waals surface area contributed by atoms with Gasteiger partial charge in [0.1, 0.15) is 29.7 Å². The van der Waals surface area contributed by atoms with Crippen molar-refractivity contribution in [1.29, 1.82) is 0 Å². The molecular weight excluding hydrogens is 382 g/mol. The number of hydrogen-bond acceptors (Lipinski definition) is 7. The van der Waals surface area contributed by atoms with Crippen molar-refractivity contribution >= 4 is 34.1 Å². The molecule has 2 amide bonds. The molecule has 28 heavy (non-hydrogen) atoms. The van der Waals surface area contributed by atoms with Crippen LogP contribution >= 0.6 is 11.3 Å². The van der Waals surface area contributed by atoms with Crippen LogP contribution in [0.4, 0.5) is 0 Å². The summed E-state index contributed by atoms with van der Waals surface area (Å²) >= 11 is 1.56. The van der Waals surface area contributed by atoms with Gasteiger partial charge in [-0.05, 0) is 32.0 Å². The SMILES string of the molecule is CNC(=O)C(CO)NC(=O)c1c(C)oc2ccc(OCc3cnc(C)s3)cc12. The van der Waals surface area contributed by atoms with Gasteiger partial charge in [-0.3, -0.25) is 9.59 Å². The zero-order chi connectivity index (χ0) is 20.3. The Morgan fingerprint density at radius 2 is 2.14 bits per heavy atom. The summed E-state index contributed by atoms with van der Waals surface area (Å²) in [5.74, 6) is 0.00838. The van der Waals surface area contributed by atoms with Crippen molar-refractivity contribution in [3.05, 3.63) is 45.6 Å². The Morgan fingerprint density at radius 1 is 1.36 bits per heavy atom. The average molecular weight is 403 g/mol. The first-order valence-electron chi connectivity index (χ1n) is 8.63. The molecule has 2 heterocycles. The van der Waals surface area contributed by atoms with Crippen LogP contribution < -0.4 is 15.4 Å². The minimum Gasteiger partial charge on any atom is -0.488 e. The second kappa shape index (κ2) is 8.41. The van der Waals surface area contributed by atoms with E-state index in [1.165, 1.54) is 7.05 Å². The molecule has 148 valence electrons. The monoisotopic (exact) mass is 403 g/mol. The molecule has 0 aliphatic heterocycles. The maximum absolute atomic E-state index is 12.7. The van der Waals surface area contributed by atoms with Gasteiger partial charge in [0.2, 0.25) is 5.91 Å². The zero-order valence-electron chi connectivity index (χ0n) is 15.7. The quantitative estimate of drug-likeness (QED) is 0.555. The fraction of sp³-hybridized carbons (Fsp3) is 0.316. The van der Waals surface area contributed by atoms with Gasteiger partial charge >= 0.3 is 0 Å². The Labute approximate surface area is 165 Å². The molecule has 3 N–H and O–H groups in total. The number of aliphatic hydroxyl groups excluding tert-OH is 1. The first-order valence-corrected chi connectivity index (χ1v) is 9.45. The van der Waals surface area contributed by atoms with Crippen LogP contribution in [0.5, 0.6) is 5.75 Å². The smallest absolute Gasteiger partial charge is 0.256 e. The number of ether oxygens (including phenoxy) is 1. The van der Waals surface area contributed by atoms with Gasteiger partial charge in [0.15, 0.2) is 0 Å². The van der Waals surface area contributed by atoms with Crippen molar-refractivity contribution in [3.8, 4) is 5.75 Å². The van der Waals surface area contributed by atoms with Crippen LogP contribution in [0.15, 0.2) is 28.8 Å². The molecule has 1 aromatic carbocycles. The van der Waals surface area contributed by atoms with E-state index in [-0.39, 0.29) is 0 Å². The summed E-state index contributed by atoms with van der Waals surface area (Å²) in [6.07, 6.45) is 1.77. The normalized spacial score (nSPS) is 12.0. The van der Waals surface area contributed by atoms with E-state index >= 15 is 0 Å². The third-order valence-electron chi connectivity index (χ3n) is 4.16. The average Bonchev–Trinajstić information content (AvgIpc) is 3.25.